The van der Waals surface area contributed by atoms with Crippen LogP contribution >= 0.6 is 0 Å². The number of allylic oxidation sites excluding steroid dienone is 2. The lowest BCUT2D eigenvalue weighted by Gasteiger charge is -2.42. The first-order valence-corrected chi connectivity index (χ1v) is 10.2. The largest absolute Gasteiger partial charge is 0.393 e. The van der Waals surface area contributed by atoms with E-state index in [1.807, 2.05) is 6.92 Å². The van der Waals surface area contributed by atoms with Gasteiger partial charge in [-0.15, -0.1) is 0 Å². The number of aliphatic hydroxyl groups excluding tert-OH is 2. The standard InChI is InChI=1S/C21H38O3/c1-4-5-10-20(21(23)24-16(3)13-15(2)22)19-12-11-17-8-6-7-9-18(17)14-19/h6-7,15-23H,4-5,8-14H2,1-3H3/t15-,16?,17?,18?,19?,20?,21?/m1/s1. The summed E-state index contributed by atoms with van der Waals surface area (Å²) in [6.07, 6.45) is 13.7. The van der Waals surface area contributed by atoms with Crippen LogP contribution in [0.5, 0.6) is 0 Å². The van der Waals surface area contributed by atoms with Crippen LogP contribution in [0.25, 0.3) is 0 Å². The lowest BCUT2D eigenvalue weighted by molar-refractivity contribution is -0.182. The smallest absolute Gasteiger partial charge is 0.157 e. The van der Waals surface area contributed by atoms with E-state index in [0.29, 0.717) is 12.3 Å². The highest BCUT2D eigenvalue weighted by atomic mass is 16.6. The van der Waals surface area contributed by atoms with E-state index in [4.69, 9.17) is 4.74 Å². The van der Waals surface area contributed by atoms with Crippen LogP contribution in [-0.2, 0) is 4.74 Å². The molecule has 0 radical (unpaired) electrons. The van der Waals surface area contributed by atoms with Gasteiger partial charge >= 0.3 is 0 Å². The summed E-state index contributed by atoms with van der Waals surface area (Å²) in [6.45, 7) is 5.94. The van der Waals surface area contributed by atoms with Gasteiger partial charge in [-0.05, 0) is 76.5 Å². The molecule has 0 aromatic heterocycles. The van der Waals surface area contributed by atoms with Crippen molar-refractivity contribution in [1.82, 2.24) is 0 Å². The Balaban J connectivity index is 1.95. The summed E-state index contributed by atoms with van der Waals surface area (Å²) in [7, 11) is 0. The second-order valence-electron chi connectivity index (χ2n) is 8.26. The third-order valence-corrected chi connectivity index (χ3v) is 6.13. The Hall–Kier alpha value is -0.380. The molecule has 24 heavy (non-hydrogen) atoms. The number of rotatable bonds is 9. The Morgan fingerprint density at radius 1 is 1.08 bits per heavy atom. The highest BCUT2D eigenvalue weighted by Gasteiger charge is 2.37. The summed E-state index contributed by atoms with van der Waals surface area (Å²) < 4.78 is 5.89. The molecule has 0 saturated heterocycles. The Morgan fingerprint density at radius 3 is 2.46 bits per heavy atom. The van der Waals surface area contributed by atoms with Crippen LogP contribution in [-0.4, -0.2) is 28.7 Å². The Labute approximate surface area is 148 Å². The molecular formula is C21H38O3. The minimum absolute atomic E-state index is 0.0990. The molecule has 2 aliphatic rings. The van der Waals surface area contributed by atoms with Crippen molar-refractivity contribution in [2.75, 3.05) is 0 Å². The first-order chi connectivity index (χ1) is 11.5. The minimum atomic E-state index is -0.689. The number of hydrogen-bond donors (Lipinski definition) is 2. The van der Waals surface area contributed by atoms with Crippen molar-refractivity contribution in [3.8, 4) is 0 Å². The molecule has 3 heteroatoms. The molecule has 0 spiro atoms. The summed E-state index contributed by atoms with van der Waals surface area (Å²) in [4.78, 5) is 0. The van der Waals surface area contributed by atoms with Gasteiger partial charge in [0.05, 0.1) is 12.2 Å². The fraction of sp³-hybridized carbons (Fsp3) is 0.905. The van der Waals surface area contributed by atoms with Crippen molar-refractivity contribution in [3.63, 3.8) is 0 Å². The number of aliphatic hydroxyl groups is 2. The molecule has 2 N–H and O–H groups in total. The average molecular weight is 339 g/mol. The molecule has 2 aliphatic carbocycles. The maximum atomic E-state index is 10.7. The van der Waals surface area contributed by atoms with Gasteiger partial charge in [-0.2, -0.15) is 0 Å². The normalized spacial score (nSPS) is 32.0. The van der Waals surface area contributed by atoms with Crippen molar-refractivity contribution in [3.05, 3.63) is 12.2 Å². The average Bonchev–Trinajstić information content (AvgIpc) is 2.54. The molecule has 1 saturated carbocycles. The third kappa shape index (κ3) is 5.86. The van der Waals surface area contributed by atoms with Gasteiger partial charge in [-0.25, -0.2) is 0 Å². The SMILES string of the molecule is CCCCC(C1CCC2CC=CCC2C1)C(O)OC(C)C[C@@H](C)O. The predicted octanol–water partition coefficient (Wildman–Crippen LogP) is 4.67. The first kappa shape index (κ1) is 19.9. The van der Waals surface area contributed by atoms with E-state index in [1.165, 1.54) is 32.1 Å². The van der Waals surface area contributed by atoms with Crippen LogP contribution in [0.1, 0.15) is 78.6 Å². The number of hydrogen-bond acceptors (Lipinski definition) is 3. The van der Waals surface area contributed by atoms with E-state index >= 15 is 0 Å². The summed E-state index contributed by atoms with van der Waals surface area (Å²) >= 11 is 0. The van der Waals surface area contributed by atoms with E-state index in [1.54, 1.807) is 6.92 Å². The molecule has 0 aliphatic heterocycles. The third-order valence-electron chi connectivity index (χ3n) is 6.13. The molecule has 7 atom stereocenters. The van der Waals surface area contributed by atoms with Crippen molar-refractivity contribution in [2.24, 2.45) is 23.7 Å². The molecular weight excluding hydrogens is 300 g/mol. The van der Waals surface area contributed by atoms with E-state index in [0.717, 1.165) is 31.1 Å². The molecule has 6 unspecified atom stereocenters. The highest BCUT2D eigenvalue weighted by molar-refractivity contribution is 4.97. The first-order valence-electron chi connectivity index (χ1n) is 10.2. The summed E-state index contributed by atoms with van der Waals surface area (Å²) in [5, 5.41) is 20.3. The molecule has 0 bridgehead atoms. The lowest BCUT2D eigenvalue weighted by atomic mass is 9.65. The molecule has 0 aromatic carbocycles. The molecule has 0 heterocycles. The van der Waals surface area contributed by atoms with E-state index in [2.05, 4.69) is 19.1 Å². The maximum absolute atomic E-state index is 10.7. The molecule has 2 rings (SSSR count). The lowest BCUT2D eigenvalue weighted by Crippen LogP contribution is -2.37. The highest BCUT2D eigenvalue weighted by Crippen LogP contribution is 2.44. The van der Waals surface area contributed by atoms with Crippen LogP contribution in [0, 0.1) is 23.7 Å². The topological polar surface area (TPSA) is 49.7 Å². The zero-order valence-electron chi connectivity index (χ0n) is 15.9. The van der Waals surface area contributed by atoms with Crippen LogP contribution in [0.2, 0.25) is 0 Å². The molecule has 0 aromatic rings. The quantitative estimate of drug-likeness (QED) is 0.474. The van der Waals surface area contributed by atoms with Gasteiger partial charge < -0.3 is 14.9 Å². The van der Waals surface area contributed by atoms with Crippen LogP contribution in [0.3, 0.4) is 0 Å². The summed E-state index contributed by atoms with van der Waals surface area (Å²) in [6, 6.07) is 0. The second-order valence-corrected chi connectivity index (χ2v) is 8.26. The second kappa shape index (κ2) is 9.94. The predicted molar refractivity (Wildman–Crippen MR) is 98.6 cm³/mol. The van der Waals surface area contributed by atoms with Gasteiger partial charge in [-0.1, -0.05) is 31.9 Å². The summed E-state index contributed by atoms with van der Waals surface area (Å²) in [5.74, 6) is 2.50. The minimum Gasteiger partial charge on any atom is -0.393 e. The monoisotopic (exact) mass is 338 g/mol. The van der Waals surface area contributed by atoms with Crippen molar-refractivity contribution < 1.29 is 14.9 Å². The van der Waals surface area contributed by atoms with Crippen molar-refractivity contribution in [1.29, 1.82) is 0 Å². The van der Waals surface area contributed by atoms with Crippen LogP contribution in [0.4, 0.5) is 0 Å². The van der Waals surface area contributed by atoms with Crippen molar-refractivity contribution in [2.45, 2.75) is 97.1 Å². The van der Waals surface area contributed by atoms with E-state index in [-0.39, 0.29) is 18.1 Å². The van der Waals surface area contributed by atoms with Crippen LogP contribution < -0.4 is 0 Å². The van der Waals surface area contributed by atoms with Gasteiger partial charge in [0.15, 0.2) is 6.29 Å². The number of fused-ring (bicyclic) bond motifs is 1. The Kier molecular flexibility index (Phi) is 8.25. The van der Waals surface area contributed by atoms with E-state index < -0.39 is 6.29 Å². The van der Waals surface area contributed by atoms with Crippen LogP contribution in [0.15, 0.2) is 12.2 Å². The van der Waals surface area contributed by atoms with Gasteiger partial charge in [0.25, 0.3) is 0 Å². The van der Waals surface area contributed by atoms with Gasteiger partial charge in [0.1, 0.15) is 0 Å². The summed E-state index contributed by atoms with van der Waals surface area (Å²) in [5.41, 5.74) is 0. The molecule has 1 fully saturated rings. The fourth-order valence-electron chi connectivity index (χ4n) is 4.82. The van der Waals surface area contributed by atoms with E-state index in [9.17, 15) is 10.2 Å². The molecule has 140 valence electrons. The Morgan fingerprint density at radius 2 is 1.79 bits per heavy atom. The van der Waals surface area contributed by atoms with Gasteiger partial charge in [0, 0.05) is 5.92 Å². The fourth-order valence-corrected chi connectivity index (χ4v) is 4.82. The van der Waals surface area contributed by atoms with Gasteiger partial charge in [0.2, 0.25) is 0 Å². The van der Waals surface area contributed by atoms with Gasteiger partial charge in [-0.3, -0.25) is 0 Å². The Bertz CT molecular complexity index is 379. The van der Waals surface area contributed by atoms with Crippen molar-refractivity contribution >= 4 is 0 Å². The number of ether oxygens (including phenoxy) is 1. The molecule has 0 amide bonds. The molecule has 3 nitrogen and oxygen atoms in total. The maximum Gasteiger partial charge on any atom is 0.157 e. The number of unbranched alkanes of at least 4 members (excludes halogenated alkanes) is 1. The zero-order chi connectivity index (χ0) is 17.5. The zero-order valence-corrected chi connectivity index (χ0v) is 15.9.